The van der Waals surface area contributed by atoms with Crippen LogP contribution in [0.2, 0.25) is 0 Å². The number of thiazole rings is 1. The first-order valence-electron chi connectivity index (χ1n) is 5.34. The van der Waals surface area contributed by atoms with E-state index in [4.69, 9.17) is 10.3 Å². The molecule has 0 saturated heterocycles. The molecule has 3 aromatic rings. The molecule has 3 rings (SSSR count). The molecule has 0 aliphatic carbocycles. The summed E-state index contributed by atoms with van der Waals surface area (Å²) in [5, 5.41) is 4.99. The van der Waals surface area contributed by atoms with Gasteiger partial charge in [0.05, 0.1) is 15.4 Å². The Morgan fingerprint density at radius 3 is 2.89 bits per heavy atom. The fourth-order valence-corrected chi connectivity index (χ4v) is 2.50. The van der Waals surface area contributed by atoms with Crippen molar-refractivity contribution in [3.8, 4) is 21.7 Å². The molecule has 0 aromatic carbocycles. The van der Waals surface area contributed by atoms with Gasteiger partial charge in [-0.2, -0.15) is 0 Å². The number of nitrogens with two attached hydrogens (primary N) is 1. The predicted octanol–water partition coefficient (Wildman–Crippen LogP) is 2.75. The molecule has 0 saturated carbocycles. The largest absolute Gasteiger partial charge is 0.367 e. The van der Waals surface area contributed by atoms with E-state index >= 15 is 0 Å². The van der Waals surface area contributed by atoms with Crippen LogP contribution in [-0.2, 0) is 0 Å². The molecular formula is C12H10N4OS. The van der Waals surface area contributed by atoms with Crippen LogP contribution in [0.5, 0.6) is 0 Å². The van der Waals surface area contributed by atoms with Gasteiger partial charge in [0, 0.05) is 24.2 Å². The second-order valence-electron chi connectivity index (χ2n) is 3.76. The number of hydrogen-bond donors (Lipinski definition) is 1. The Hall–Kier alpha value is -2.21. The molecule has 0 radical (unpaired) electrons. The lowest BCUT2D eigenvalue weighted by Gasteiger charge is -1.99. The first-order valence-corrected chi connectivity index (χ1v) is 6.15. The molecule has 0 unspecified atom stereocenters. The highest BCUT2D eigenvalue weighted by Gasteiger charge is 2.18. The molecule has 0 aliphatic heterocycles. The molecule has 18 heavy (non-hydrogen) atoms. The fraction of sp³-hybridized carbons (Fsp3) is 0.0833. The Kier molecular flexibility index (Phi) is 2.56. The van der Waals surface area contributed by atoms with Crippen LogP contribution in [-0.4, -0.2) is 15.1 Å². The summed E-state index contributed by atoms with van der Waals surface area (Å²) in [6.07, 6.45) is 5.22. The van der Waals surface area contributed by atoms with Gasteiger partial charge < -0.3 is 10.3 Å². The summed E-state index contributed by atoms with van der Waals surface area (Å²) in [4.78, 5) is 9.24. The van der Waals surface area contributed by atoms with Crippen molar-refractivity contribution >= 4 is 17.2 Å². The molecule has 6 heteroatoms. The molecule has 0 amide bonds. The summed E-state index contributed by atoms with van der Waals surface area (Å²) in [6.45, 7) is 1.95. The smallest absolute Gasteiger partial charge is 0.230 e. The zero-order chi connectivity index (χ0) is 12.5. The number of aromatic nitrogens is 3. The number of aryl methyl sites for hydroxylation is 1. The lowest BCUT2D eigenvalue weighted by Crippen LogP contribution is -1.87. The van der Waals surface area contributed by atoms with E-state index in [2.05, 4.69) is 15.1 Å². The van der Waals surface area contributed by atoms with Gasteiger partial charge in [-0.05, 0) is 13.0 Å². The number of rotatable bonds is 2. The highest BCUT2D eigenvalue weighted by molar-refractivity contribution is 7.15. The van der Waals surface area contributed by atoms with Crippen LogP contribution in [0.15, 0.2) is 35.2 Å². The van der Waals surface area contributed by atoms with Gasteiger partial charge in [0.2, 0.25) is 5.88 Å². The molecule has 5 nitrogen and oxygen atoms in total. The number of hydrogen-bond acceptors (Lipinski definition) is 6. The maximum absolute atomic E-state index is 5.84. The molecule has 3 aromatic heterocycles. The van der Waals surface area contributed by atoms with Gasteiger partial charge in [0.1, 0.15) is 5.69 Å². The molecule has 3 heterocycles. The van der Waals surface area contributed by atoms with Crippen LogP contribution in [0.1, 0.15) is 5.01 Å². The van der Waals surface area contributed by atoms with Gasteiger partial charge in [0.15, 0.2) is 0 Å². The SMILES string of the molecule is Cc1ncc(-c2noc(N)c2-c2cccnc2)s1. The normalized spacial score (nSPS) is 10.7. The Bertz CT molecular complexity index is 674. The molecule has 0 spiro atoms. The number of pyridine rings is 1. The summed E-state index contributed by atoms with van der Waals surface area (Å²) < 4.78 is 5.09. The average Bonchev–Trinajstić information content (AvgIpc) is 2.96. The van der Waals surface area contributed by atoms with Crippen LogP contribution in [0, 0.1) is 6.92 Å². The minimum atomic E-state index is 0.295. The highest BCUT2D eigenvalue weighted by atomic mass is 32.1. The van der Waals surface area contributed by atoms with Crippen LogP contribution < -0.4 is 5.73 Å². The Morgan fingerprint density at radius 1 is 1.33 bits per heavy atom. The van der Waals surface area contributed by atoms with Crippen LogP contribution in [0.25, 0.3) is 21.7 Å². The Labute approximate surface area is 107 Å². The van der Waals surface area contributed by atoms with Crippen molar-refractivity contribution in [3.63, 3.8) is 0 Å². The summed E-state index contributed by atoms with van der Waals surface area (Å²) in [7, 11) is 0. The van der Waals surface area contributed by atoms with Crippen LogP contribution >= 0.6 is 11.3 Å². The van der Waals surface area contributed by atoms with E-state index in [9.17, 15) is 0 Å². The summed E-state index contributed by atoms with van der Waals surface area (Å²) in [6, 6.07) is 3.77. The third kappa shape index (κ3) is 1.76. The molecule has 2 N–H and O–H groups in total. The number of nitrogen functional groups attached to an aromatic ring is 1. The molecule has 0 bridgehead atoms. The minimum absolute atomic E-state index is 0.295. The van der Waals surface area contributed by atoms with Gasteiger partial charge in [0.25, 0.3) is 0 Å². The van der Waals surface area contributed by atoms with Crippen molar-refractivity contribution in [2.45, 2.75) is 6.92 Å². The molecular weight excluding hydrogens is 248 g/mol. The van der Waals surface area contributed by atoms with Crippen molar-refractivity contribution in [3.05, 3.63) is 35.7 Å². The summed E-state index contributed by atoms with van der Waals surface area (Å²) in [5.74, 6) is 0.295. The Morgan fingerprint density at radius 2 is 2.22 bits per heavy atom. The maximum Gasteiger partial charge on any atom is 0.230 e. The van der Waals surface area contributed by atoms with Gasteiger partial charge in [-0.1, -0.05) is 11.2 Å². The van der Waals surface area contributed by atoms with E-state index in [1.165, 1.54) is 0 Å². The second-order valence-corrected chi connectivity index (χ2v) is 4.99. The topological polar surface area (TPSA) is 77.8 Å². The third-order valence-electron chi connectivity index (χ3n) is 2.52. The fourth-order valence-electron chi connectivity index (χ4n) is 1.73. The van der Waals surface area contributed by atoms with E-state index in [0.29, 0.717) is 11.6 Å². The maximum atomic E-state index is 5.84. The number of nitrogens with zero attached hydrogens (tertiary/aromatic N) is 3. The van der Waals surface area contributed by atoms with Crippen molar-refractivity contribution in [2.75, 3.05) is 5.73 Å². The van der Waals surface area contributed by atoms with E-state index in [-0.39, 0.29) is 0 Å². The van der Waals surface area contributed by atoms with E-state index in [1.807, 2.05) is 19.1 Å². The van der Waals surface area contributed by atoms with E-state index in [0.717, 1.165) is 21.0 Å². The van der Waals surface area contributed by atoms with Crippen molar-refractivity contribution in [2.24, 2.45) is 0 Å². The van der Waals surface area contributed by atoms with E-state index < -0.39 is 0 Å². The predicted molar refractivity (Wildman–Crippen MR) is 70.0 cm³/mol. The molecule has 0 aliphatic rings. The second kappa shape index (κ2) is 4.23. The Balaban J connectivity index is 2.18. The molecule has 0 atom stereocenters. The quantitative estimate of drug-likeness (QED) is 0.764. The summed E-state index contributed by atoms with van der Waals surface area (Å²) >= 11 is 1.55. The van der Waals surface area contributed by atoms with Gasteiger partial charge in [-0.25, -0.2) is 4.98 Å². The van der Waals surface area contributed by atoms with Crippen LogP contribution in [0.4, 0.5) is 5.88 Å². The van der Waals surface area contributed by atoms with Gasteiger partial charge in [-0.15, -0.1) is 11.3 Å². The summed E-state index contributed by atoms with van der Waals surface area (Å²) in [5.41, 5.74) is 8.22. The van der Waals surface area contributed by atoms with Gasteiger partial charge >= 0.3 is 0 Å². The minimum Gasteiger partial charge on any atom is -0.367 e. The first-order chi connectivity index (χ1) is 8.75. The van der Waals surface area contributed by atoms with E-state index in [1.54, 1.807) is 29.9 Å². The monoisotopic (exact) mass is 258 g/mol. The van der Waals surface area contributed by atoms with Crippen LogP contribution in [0.3, 0.4) is 0 Å². The average molecular weight is 258 g/mol. The van der Waals surface area contributed by atoms with Crippen molar-refractivity contribution in [1.29, 1.82) is 0 Å². The number of anilines is 1. The molecule has 90 valence electrons. The zero-order valence-electron chi connectivity index (χ0n) is 9.62. The standard InChI is InChI=1S/C12H10N4OS/c1-7-15-6-9(18-7)11-10(12(13)17-16-11)8-3-2-4-14-5-8/h2-6H,13H2,1H3. The zero-order valence-corrected chi connectivity index (χ0v) is 10.4. The van der Waals surface area contributed by atoms with Crippen molar-refractivity contribution < 1.29 is 4.52 Å². The van der Waals surface area contributed by atoms with Gasteiger partial charge in [-0.3, -0.25) is 4.98 Å². The lowest BCUT2D eigenvalue weighted by molar-refractivity contribution is 0.439. The highest BCUT2D eigenvalue weighted by Crippen LogP contribution is 2.37. The lowest BCUT2D eigenvalue weighted by atomic mass is 10.1. The third-order valence-corrected chi connectivity index (χ3v) is 3.44. The molecule has 0 fully saturated rings. The van der Waals surface area contributed by atoms with Crippen molar-refractivity contribution in [1.82, 2.24) is 15.1 Å². The first kappa shape index (κ1) is 10.9.